The topological polar surface area (TPSA) is 89.2 Å². The van der Waals surface area contributed by atoms with Crippen molar-refractivity contribution in [3.05, 3.63) is 11.3 Å². The first-order valence-electron chi connectivity index (χ1n) is 5.24. The molecule has 2 rings (SSSR count). The first-order valence-corrected chi connectivity index (χ1v) is 7.70. The molecule has 0 aliphatic carbocycles. The summed E-state index contributed by atoms with van der Waals surface area (Å²) in [7, 11) is -3.13. The van der Waals surface area contributed by atoms with E-state index in [2.05, 4.69) is 20.0 Å². The van der Waals surface area contributed by atoms with E-state index in [1.165, 1.54) is 17.7 Å². The van der Waals surface area contributed by atoms with Crippen LogP contribution in [-0.2, 0) is 16.4 Å². The average Bonchev–Trinajstić information content (AvgIpc) is 2.76. The quantitative estimate of drug-likeness (QED) is 0.805. The molecule has 94 valence electrons. The van der Waals surface area contributed by atoms with Gasteiger partial charge >= 0.3 is 0 Å². The zero-order valence-corrected chi connectivity index (χ0v) is 11.0. The van der Waals surface area contributed by atoms with E-state index in [0.29, 0.717) is 19.4 Å². The molecule has 7 nitrogen and oxygen atoms in total. The molecule has 0 aliphatic heterocycles. The maximum atomic E-state index is 11.4. The van der Waals surface area contributed by atoms with Crippen molar-refractivity contribution in [2.24, 2.45) is 0 Å². The van der Waals surface area contributed by atoms with Crippen LogP contribution >= 0.6 is 11.3 Å². The largest absolute Gasteiger partial charge is 0.234 e. The molecule has 0 amide bonds. The lowest BCUT2D eigenvalue weighted by molar-refractivity contribution is 0.580. The molecule has 0 bridgehead atoms. The molecule has 1 N–H and O–H groups in total. The number of hydrogen-bond acceptors (Lipinski definition) is 6. The summed E-state index contributed by atoms with van der Waals surface area (Å²) in [5, 5.41) is 12.6. The third-order valence-electron chi connectivity index (χ3n) is 2.06. The van der Waals surface area contributed by atoms with Crippen molar-refractivity contribution in [2.45, 2.75) is 19.8 Å². The van der Waals surface area contributed by atoms with Gasteiger partial charge in [-0.25, -0.2) is 13.1 Å². The highest BCUT2D eigenvalue weighted by atomic mass is 32.2. The van der Waals surface area contributed by atoms with Gasteiger partial charge in [0.1, 0.15) is 11.3 Å². The van der Waals surface area contributed by atoms with Crippen LogP contribution in [0.3, 0.4) is 0 Å². The molecule has 17 heavy (non-hydrogen) atoms. The van der Waals surface area contributed by atoms with Gasteiger partial charge in [0.15, 0.2) is 0 Å². The zero-order chi connectivity index (χ0) is 12.3. The van der Waals surface area contributed by atoms with Crippen LogP contribution in [-0.4, -0.2) is 40.5 Å². The summed E-state index contributed by atoms with van der Waals surface area (Å²) in [6, 6.07) is 0. The fraction of sp³-hybridized carbons (Fsp3) is 0.625. The number of fused-ring (bicyclic) bond motifs is 1. The maximum absolute atomic E-state index is 11.4. The van der Waals surface area contributed by atoms with Crippen LogP contribution in [0.4, 0.5) is 0 Å². The highest BCUT2D eigenvalue weighted by Gasteiger charge is 2.09. The zero-order valence-electron chi connectivity index (χ0n) is 9.33. The van der Waals surface area contributed by atoms with Crippen LogP contribution < -0.4 is 4.72 Å². The molecule has 0 atom stereocenters. The average molecular weight is 275 g/mol. The Kier molecular flexibility index (Phi) is 3.69. The van der Waals surface area contributed by atoms with Crippen molar-refractivity contribution in [1.29, 1.82) is 0 Å². The highest BCUT2D eigenvalue weighted by Crippen LogP contribution is 2.11. The molecule has 0 spiro atoms. The molecule has 2 aromatic rings. The van der Waals surface area contributed by atoms with E-state index in [9.17, 15) is 8.42 Å². The number of hydrogen-bond donors (Lipinski definition) is 1. The van der Waals surface area contributed by atoms with Gasteiger partial charge in [-0.3, -0.25) is 0 Å². The number of aromatic nitrogens is 4. The Balaban J connectivity index is 1.89. The molecule has 2 heterocycles. The lowest BCUT2D eigenvalue weighted by Gasteiger charge is -2.03. The highest BCUT2D eigenvalue weighted by molar-refractivity contribution is 7.89. The van der Waals surface area contributed by atoms with Crippen molar-refractivity contribution < 1.29 is 8.42 Å². The molecule has 0 unspecified atom stereocenters. The molecule has 9 heteroatoms. The SMILES string of the molecule is CCCS(=O)(=O)NCCc1nn2cnnc2s1. The van der Waals surface area contributed by atoms with Crippen molar-refractivity contribution in [3.8, 4) is 0 Å². The monoisotopic (exact) mass is 275 g/mol. The number of nitrogens with one attached hydrogen (secondary N) is 1. The molecule has 0 aliphatic rings. The first kappa shape index (κ1) is 12.4. The second-order valence-corrected chi connectivity index (χ2v) is 6.48. The predicted molar refractivity (Wildman–Crippen MR) is 64.4 cm³/mol. The summed E-state index contributed by atoms with van der Waals surface area (Å²) in [5.41, 5.74) is 0. The molecular formula is C8H13N5O2S2. The molecule has 0 radical (unpaired) electrons. The predicted octanol–water partition coefficient (Wildman–Crippen LogP) is 0.0577. The molecule has 2 aromatic heterocycles. The van der Waals surface area contributed by atoms with Gasteiger partial charge < -0.3 is 0 Å². The fourth-order valence-corrected chi connectivity index (χ4v) is 3.26. The van der Waals surface area contributed by atoms with Gasteiger partial charge in [-0.1, -0.05) is 18.3 Å². The second kappa shape index (κ2) is 5.07. The van der Waals surface area contributed by atoms with Crippen LogP contribution in [0.1, 0.15) is 18.4 Å². The molecule has 0 saturated carbocycles. The van der Waals surface area contributed by atoms with Gasteiger partial charge in [-0.05, 0) is 6.42 Å². The Hall–Kier alpha value is -1.06. The van der Waals surface area contributed by atoms with Gasteiger partial charge in [-0.15, -0.1) is 10.2 Å². The lowest BCUT2D eigenvalue weighted by atomic mass is 10.5. The van der Waals surface area contributed by atoms with E-state index >= 15 is 0 Å². The first-order chi connectivity index (χ1) is 8.11. The van der Waals surface area contributed by atoms with Crippen LogP contribution in [0.15, 0.2) is 6.33 Å². The standard InChI is InChI=1S/C8H13N5O2S2/c1-2-5-17(14,15)10-4-3-7-12-13-6-9-11-8(13)16-7/h6,10H,2-5H2,1H3. The summed E-state index contributed by atoms with van der Waals surface area (Å²) in [5.74, 6) is 0.165. The Morgan fingerprint density at radius 2 is 2.35 bits per heavy atom. The second-order valence-electron chi connectivity index (χ2n) is 3.52. The number of nitrogens with zero attached hydrogens (tertiary/aromatic N) is 4. The van der Waals surface area contributed by atoms with Gasteiger partial charge in [0.2, 0.25) is 15.0 Å². The van der Waals surface area contributed by atoms with E-state index < -0.39 is 10.0 Å². The van der Waals surface area contributed by atoms with E-state index in [4.69, 9.17) is 0 Å². The Morgan fingerprint density at radius 1 is 1.53 bits per heavy atom. The summed E-state index contributed by atoms with van der Waals surface area (Å²) in [4.78, 5) is 0.719. The summed E-state index contributed by atoms with van der Waals surface area (Å²) < 4.78 is 26.9. The van der Waals surface area contributed by atoms with Crippen molar-refractivity contribution >= 4 is 26.3 Å². The molecule has 0 fully saturated rings. The number of rotatable bonds is 6. The van der Waals surface area contributed by atoms with E-state index in [0.717, 1.165) is 9.97 Å². The maximum Gasteiger partial charge on any atom is 0.234 e. The van der Waals surface area contributed by atoms with E-state index in [1.54, 1.807) is 4.52 Å². The van der Waals surface area contributed by atoms with Crippen molar-refractivity contribution in [2.75, 3.05) is 12.3 Å². The lowest BCUT2D eigenvalue weighted by Crippen LogP contribution is -2.28. The van der Waals surface area contributed by atoms with Crippen LogP contribution in [0.5, 0.6) is 0 Å². The van der Waals surface area contributed by atoms with Gasteiger partial charge in [0.05, 0.1) is 5.75 Å². The third kappa shape index (κ3) is 3.20. The van der Waals surface area contributed by atoms with Crippen molar-refractivity contribution in [1.82, 2.24) is 24.5 Å². The van der Waals surface area contributed by atoms with Crippen molar-refractivity contribution in [3.63, 3.8) is 0 Å². The van der Waals surface area contributed by atoms with Gasteiger partial charge in [0, 0.05) is 13.0 Å². The summed E-state index contributed by atoms with van der Waals surface area (Å²) in [6.07, 6.45) is 2.71. The third-order valence-corrected chi connectivity index (χ3v) is 4.62. The minimum Gasteiger partial charge on any atom is -0.215 e. The normalized spacial score (nSPS) is 12.3. The number of sulfonamides is 1. The van der Waals surface area contributed by atoms with E-state index in [-0.39, 0.29) is 5.75 Å². The fourth-order valence-electron chi connectivity index (χ4n) is 1.36. The minimum atomic E-state index is -3.13. The van der Waals surface area contributed by atoms with E-state index in [1.807, 2.05) is 6.92 Å². The molecular weight excluding hydrogens is 262 g/mol. The minimum absolute atomic E-state index is 0.165. The van der Waals surface area contributed by atoms with Crippen LogP contribution in [0.2, 0.25) is 0 Å². The van der Waals surface area contributed by atoms with Crippen LogP contribution in [0.25, 0.3) is 4.96 Å². The molecule has 0 saturated heterocycles. The Labute approximate surface area is 103 Å². The summed E-state index contributed by atoms with van der Waals surface area (Å²) in [6.45, 7) is 2.20. The van der Waals surface area contributed by atoms with Gasteiger partial charge in [-0.2, -0.15) is 9.61 Å². The molecule has 0 aromatic carbocycles. The Morgan fingerprint density at radius 3 is 3.06 bits per heavy atom. The summed E-state index contributed by atoms with van der Waals surface area (Å²) >= 11 is 1.41. The van der Waals surface area contributed by atoms with Gasteiger partial charge in [0.25, 0.3) is 0 Å². The Bertz CT molecular complexity index is 559. The van der Waals surface area contributed by atoms with Crippen LogP contribution in [0, 0.1) is 0 Å². The smallest absolute Gasteiger partial charge is 0.215 e.